The van der Waals surface area contributed by atoms with E-state index in [4.69, 9.17) is 11.6 Å². The van der Waals surface area contributed by atoms with Gasteiger partial charge in [0.2, 0.25) is 0 Å². The Kier molecular flexibility index (Phi) is 9.72. The third-order valence-corrected chi connectivity index (χ3v) is 1.73. The average Bonchev–Trinajstić information content (AvgIpc) is 2.03. The lowest BCUT2D eigenvalue weighted by molar-refractivity contribution is 0.641. The molecule has 0 fully saturated rings. The van der Waals surface area contributed by atoms with Gasteiger partial charge in [0.1, 0.15) is 0 Å². The molecule has 0 aliphatic rings. The highest BCUT2D eigenvalue weighted by Gasteiger charge is 1.85. The van der Waals surface area contributed by atoms with Crippen molar-refractivity contribution in [2.45, 2.75) is 45.4 Å². The summed E-state index contributed by atoms with van der Waals surface area (Å²) >= 11 is 5.39. The molecule has 0 N–H and O–H groups in total. The molecule has 0 atom stereocenters. The topological polar surface area (TPSA) is 0 Å². The Morgan fingerprint density at radius 1 is 1.00 bits per heavy atom. The largest absolute Gasteiger partial charge is 0.113 e. The van der Waals surface area contributed by atoms with Crippen molar-refractivity contribution in [2.24, 2.45) is 0 Å². The standard InChI is InChI=1S/C10H17Cl/c1-2-3-4-5-6-7-8-9-10-11/h2-7,10H2,1H3. The first kappa shape index (κ1) is 10.8. The zero-order valence-corrected chi connectivity index (χ0v) is 8.08. The summed E-state index contributed by atoms with van der Waals surface area (Å²) in [6, 6.07) is 0. The minimum absolute atomic E-state index is 0.481. The van der Waals surface area contributed by atoms with E-state index in [0.717, 1.165) is 6.42 Å². The molecule has 0 radical (unpaired) electrons. The molecule has 1 heteroatoms. The van der Waals surface area contributed by atoms with Crippen LogP contribution in [0.2, 0.25) is 0 Å². The first-order chi connectivity index (χ1) is 5.41. The van der Waals surface area contributed by atoms with Crippen molar-refractivity contribution in [3.63, 3.8) is 0 Å². The first-order valence-electron chi connectivity index (χ1n) is 4.43. The summed E-state index contributed by atoms with van der Waals surface area (Å²) in [4.78, 5) is 0. The molecule has 0 saturated heterocycles. The van der Waals surface area contributed by atoms with Crippen LogP contribution in [0.15, 0.2) is 0 Å². The van der Waals surface area contributed by atoms with Crippen LogP contribution in [0.25, 0.3) is 0 Å². The molecule has 0 nitrogen and oxygen atoms in total. The smallest absolute Gasteiger partial charge is 0.0835 e. The van der Waals surface area contributed by atoms with E-state index >= 15 is 0 Å². The molecule has 0 heterocycles. The Morgan fingerprint density at radius 3 is 2.36 bits per heavy atom. The van der Waals surface area contributed by atoms with E-state index in [1.807, 2.05) is 0 Å². The maximum Gasteiger partial charge on any atom is 0.0835 e. The van der Waals surface area contributed by atoms with Crippen LogP contribution in [-0.2, 0) is 0 Å². The summed E-state index contributed by atoms with van der Waals surface area (Å²) in [6.45, 7) is 2.23. The van der Waals surface area contributed by atoms with E-state index in [-0.39, 0.29) is 0 Å². The number of hydrogen-bond acceptors (Lipinski definition) is 0. The molecule has 0 saturated carbocycles. The summed E-state index contributed by atoms with van der Waals surface area (Å²) in [5.74, 6) is 6.37. The fourth-order valence-electron chi connectivity index (χ4n) is 0.953. The van der Waals surface area contributed by atoms with E-state index in [2.05, 4.69) is 18.8 Å². The van der Waals surface area contributed by atoms with Gasteiger partial charge in [-0.2, -0.15) is 0 Å². The zero-order chi connectivity index (χ0) is 8.36. The number of alkyl halides is 1. The summed E-state index contributed by atoms with van der Waals surface area (Å²) < 4.78 is 0. The van der Waals surface area contributed by atoms with Crippen molar-refractivity contribution in [2.75, 3.05) is 5.88 Å². The van der Waals surface area contributed by atoms with Gasteiger partial charge >= 0.3 is 0 Å². The van der Waals surface area contributed by atoms with Gasteiger partial charge in [-0.1, -0.05) is 38.5 Å². The molecule has 0 aliphatic carbocycles. The van der Waals surface area contributed by atoms with Crippen molar-refractivity contribution in [1.29, 1.82) is 0 Å². The molecule has 0 bridgehead atoms. The minimum Gasteiger partial charge on any atom is -0.113 e. The fourth-order valence-corrected chi connectivity index (χ4v) is 1.05. The molecule has 0 spiro atoms. The lowest BCUT2D eigenvalue weighted by atomic mass is 10.1. The molecule has 64 valence electrons. The monoisotopic (exact) mass is 172 g/mol. The summed E-state index contributed by atoms with van der Waals surface area (Å²) in [6.07, 6.45) is 7.63. The Hall–Kier alpha value is -0.150. The van der Waals surface area contributed by atoms with Crippen molar-refractivity contribution < 1.29 is 0 Å². The molecule has 0 aliphatic heterocycles. The Morgan fingerprint density at radius 2 is 1.73 bits per heavy atom. The third kappa shape index (κ3) is 9.85. The zero-order valence-electron chi connectivity index (χ0n) is 7.33. The van der Waals surface area contributed by atoms with Gasteiger partial charge in [-0.05, 0) is 6.42 Å². The van der Waals surface area contributed by atoms with E-state index < -0.39 is 0 Å². The molecule has 0 amide bonds. The molecule has 0 rings (SSSR count). The molecule has 0 unspecified atom stereocenters. The normalized spacial score (nSPS) is 8.91. The van der Waals surface area contributed by atoms with Gasteiger partial charge in [0.15, 0.2) is 0 Å². The Balaban J connectivity index is 2.90. The molecular formula is C10H17Cl. The van der Waals surface area contributed by atoms with Gasteiger partial charge in [0.05, 0.1) is 5.88 Å². The molecule has 0 aromatic carbocycles. The van der Waals surface area contributed by atoms with Crippen LogP contribution in [0.1, 0.15) is 45.4 Å². The van der Waals surface area contributed by atoms with Crippen LogP contribution in [0.4, 0.5) is 0 Å². The molecule has 0 aromatic heterocycles. The van der Waals surface area contributed by atoms with Gasteiger partial charge < -0.3 is 0 Å². The van der Waals surface area contributed by atoms with Gasteiger partial charge in [-0.25, -0.2) is 0 Å². The SMILES string of the molecule is CCCCCCCC#CCCl. The summed E-state index contributed by atoms with van der Waals surface area (Å²) in [5.41, 5.74) is 0. The second-order valence-corrected chi connectivity index (χ2v) is 2.92. The third-order valence-electron chi connectivity index (χ3n) is 1.60. The van der Waals surface area contributed by atoms with Crippen LogP contribution in [-0.4, -0.2) is 5.88 Å². The van der Waals surface area contributed by atoms with Gasteiger partial charge in [-0.15, -0.1) is 17.5 Å². The van der Waals surface area contributed by atoms with Crippen LogP contribution >= 0.6 is 11.6 Å². The van der Waals surface area contributed by atoms with Crippen molar-refractivity contribution in [3.05, 3.63) is 0 Å². The highest BCUT2D eigenvalue weighted by atomic mass is 35.5. The van der Waals surface area contributed by atoms with Crippen LogP contribution in [0.5, 0.6) is 0 Å². The van der Waals surface area contributed by atoms with Crippen molar-refractivity contribution >= 4 is 11.6 Å². The van der Waals surface area contributed by atoms with Crippen LogP contribution in [0, 0.1) is 11.8 Å². The number of rotatable bonds is 5. The fraction of sp³-hybridized carbons (Fsp3) is 0.800. The quantitative estimate of drug-likeness (QED) is 0.338. The lowest BCUT2D eigenvalue weighted by Gasteiger charge is -1.94. The van der Waals surface area contributed by atoms with E-state index in [0.29, 0.717) is 5.88 Å². The highest BCUT2D eigenvalue weighted by Crippen LogP contribution is 2.03. The predicted molar refractivity (Wildman–Crippen MR) is 51.9 cm³/mol. The van der Waals surface area contributed by atoms with Gasteiger partial charge in [0, 0.05) is 6.42 Å². The van der Waals surface area contributed by atoms with Crippen molar-refractivity contribution in [3.8, 4) is 11.8 Å². The average molecular weight is 173 g/mol. The Labute approximate surface area is 75.3 Å². The van der Waals surface area contributed by atoms with Crippen molar-refractivity contribution in [1.82, 2.24) is 0 Å². The second kappa shape index (κ2) is 9.85. The Bertz CT molecular complexity index is 119. The molecule has 0 aromatic rings. The first-order valence-corrected chi connectivity index (χ1v) is 4.97. The number of unbranched alkanes of at least 4 members (excludes halogenated alkanes) is 5. The van der Waals surface area contributed by atoms with E-state index in [9.17, 15) is 0 Å². The molecule has 11 heavy (non-hydrogen) atoms. The maximum atomic E-state index is 5.39. The van der Waals surface area contributed by atoms with Gasteiger partial charge in [0.25, 0.3) is 0 Å². The number of halogens is 1. The second-order valence-electron chi connectivity index (χ2n) is 2.65. The molecular weight excluding hydrogens is 156 g/mol. The van der Waals surface area contributed by atoms with E-state index in [1.165, 1.54) is 32.1 Å². The highest BCUT2D eigenvalue weighted by molar-refractivity contribution is 6.19. The van der Waals surface area contributed by atoms with Crippen LogP contribution < -0.4 is 0 Å². The van der Waals surface area contributed by atoms with Crippen LogP contribution in [0.3, 0.4) is 0 Å². The summed E-state index contributed by atoms with van der Waals surface area (Å²) in [5, 5.41) is 0. The summed E-state index contributed by atoms with van der Waals surface area (Å²) in [7, 11) is 0. The van der Waals surface area contributed by atoms with E-state index in [1.54, 1.807) is 0 Å². The lowest BCUT2D eigenvalue weighted by Crippen LogP contribution is -1.76. The number of hydrogen-bond donors (Lipinski definition) is 0. The maximum absolute atomic E-state index is 5.39. The minimum atomic E-state index is 0.481. The van der Waals surface area contributed by atoms with Gasteiger partial charge in [-0.3, -0.25) is 0 Å². The predicted octanol–water partition coefficient (Wildman–Crippen LogP) is 3.59.